The van der Waals surface area contributed by atoms with Crippen LogP contribution in [-0.4, -0.2) is 54.4 Å². The zero-order chi connectivity index (χ0) is 28.5. The Balaban J connectivity index is 1.58. The molecule has 40 heavy (non-hydrogen) atoms. The average Bonchev–Trinajstić information content (AvgIpc) is 2.96. The minimum Gasteiger partial charge on any atom is -0.445 e. The van der Waals surface area contributed by atoms with E-state index in [-0.39, 0.29) is 64.8 Å². The molecule has 2 N–H and O–H groups in total. The zero-order valence-corrected chi connectivity index (χ0v) is 22.5. The summed E-state index contributed by atoms with van der Waals surface area (Å²) in [6.45, 7) is 0.487. The summed E-state index contributed by atoms with van der Waals surface area (Å²) in [6.07, 6.45) is -1.76. The van der Waals surface area contributed by atoms with Gasteiger partial charge in [0.1, 0.15) is 23.0 Å². The van der Waals surface area contributed by atoms with Gasteiger partial charge in [-0.3, -0.25) is 9.59 Å². The molecule has 0 aliphatic heterocycles. The molecule has 2 amide bonds. The van der Waals surface area contributed by atoms with Crippen LogP contribution in [0.5, 0.6) is 23.0 Å². The van der Waals surface area contributed by atoms with Gasteiger partial charge < -0.3 is 29.6 Å². The average molecular weight is 587 g/mol. The molecule has 3 aromatic carbocycles. The topological polar surface area (TPSA) is 129 Å². The van der Waals surface area contributed by atoms with E-state index in [0.717, 1.165) is 0 Å². The summed E-state index contributed by atoms with van der Waals surface area (Å²) in [5, 5.41) is 4.95. The van der Waals surface area contributed by atoms with Gasteiger partial charge in [0.05, 0.1) is 6.42 Å². The molecule has 0 unspecified atom stereocenters. The first-order valence-electron chi connectivity index (χ1n) is 12.1. The Labute approximate surface area is 239 Å². The van der Waals surface area contributed by atoms with Crippen LogP contribution in [-0.2, 0) is 0 Å². The number of benzene rings is 3. The molecule has 4 rings (SSSR count). The predicted molar refractivity (Wildman–Crippen MR) is 146 cm³/mol. The van der Waals surface area contributed by atoms with Crippen LogP contribution in [0.3, 0.4) is 0 Å². The SMILES string of the molecule is O=C(NCCCl)Oc1ccc(OC2(Oc3ccc(OC(=O)NCCCl)cc3)CC(=O)c3ccccc3C2=O)cc1. The first kappa shape index (κ1) is 28.7. The lowest BCUT2D eigenvalue weighted by Gasteiger charge is -2.36. The van der Waals surface area contributed by atoms with E-state index >= 15 is 0 Å². The molecular weight excluding hydrogens is 563 g/mol. The van der Waals surface area contributed by atoms with Crippen LogP contribution >= 0.6 is 23.2 Å². The molecule has 1 aliphatic rings. The molecule has 12 heteroatoms. The molecule has 0 radical (unpaired) electrons. The van der Waals surface area contributed by atoms with Crippen molar-refractivity contribution in [1.29, 1.82) is 0 Å². The van der Waals surface area contributed by atoms with E-state index in [1.165, 1.54) is 54.6 Å². The summed E-state index contributed by atoms with van der Waals surface area (Å²) >= 11 is 11.1. The Hall–Kier alpha value is -4.28. The van der Waals surface area contributed by atoms with E-state index in [2.05, 4.69) is 10.6 Å². The van der Waals surface area contributed by atoms with E-state index in [1.807, 2.05) is 0 Å². The quantitative estimate of drug-likeness (QED) is 0.252. The first-order chi connectivity index (χ1) is 19.3. The second-order valence-electron chi connectivity index (χ2n) is 8.39. The molecule has 1 aliphatic carbocycles. The van der Waals surface area contributed by atoms with Crippen molar-refractivity contribution in [3.05, 3.63) is 83.9 Å². The number of fused-ring (bicyclic) bond motifs is 1. The van der Waals surface area contributed by atoms with Crippen LogP contribution in [0.4, 0.5) is 9.59 Å². The van der Waals surface area contributed by atoms with Gasteiger partial charge in [-0.05, 0) is 48.5 Å². The highest BCUT2D eigenvalue weighted by Crippen LogP contribution is 2.36. The van der Waals surface area contributed by atoms with Crippen molar-refractivity contribution in [2.24, 2.45) is 0 Å². The standard InChI is InChI=1S/C28H24Cl2N2O8/c29-13-15-31-26(35)37-18-5-9-20(10-6-18)39-28(17-24(33)22-3-1-2-4-23(22)25(28)34)40-21-11-7-19(8-12-21)38-27(36)32-16-14-30/h1-12H,13-17H2,(H,31,35)(H,32,36). The van der Waals surface area contributed by atoms with E-state index in [4.69, 9.17) is 42.1 Å². The third-order valence-corrected chi connectivity index (χ3v) is 5.95. The molecule has 0 atom stereocenters. The molecular formula is C28H24Cl2N2O8. The maximum absolute atomic E-state index is 13.7. The van der Waals surface area contributed by atoms with E-state index in [9.17, 15) is 19.2 Å². The van der Waals surface area contributed by atoms with Crippen LogP contribution in [0, 0.1) is 0 Å². The highest BCUT2D eigenvalue weighted by atomic mass is 35.5. The lowest BCUT2D eigenvalue weighted by molar-refractivity contribution is -0.0802. The maximum atomic E-state index is 13.7. The van der Waals surface area contributed by atoms with Gasteiger partial charge in [0.25, 0.3) is 0 Å². The summed E-state index contributed by atoms with van der Waals surface area (Å²) in [7, 11) is 0. The molecule has 0 saturated carbocycles. The number of carbonyl (C=O) groups excluding carboxylic acids is 4. The van der Waals surface area contributed by atoms with Gasteiger partial charge in [-0.25, -0.2) is 9.59 Å². The van der Waals surface area contributed by atoms with E-state index in [1.54, 1.807) is 18.2 Å². The van der Waals surface area contributed by atoms with Crippen molar-refractivity contribution < 1.29 is 38.1 Å². The van der Waals surface area contributed by atoms with Crippen LogP contribution < -0.4 is 29.6 Å². The number of ketones is 2. The fraction of sp³-hybridized carbons (Fsp3) is 0.214. The number of nitrogens with one attached hydrogen (secondary N) is 2. The van der Waals surface area contributed by atoms with E-state index < -0.39 is 30.2 Å². The minimum atomic E-state index is -2.04. The number of hydrogen-bond acceptors (Lipinski definition) is 8. The Kier molecular flexibility index (Phi) is 9.47. The minimum absolute atomic E-state index is 0.158. The van der Waals surface area contributed by atoms with Gasteiger partial charge >= 0.3 is 18.0 Å². The van der Waals surface area contributed by atoms with Gasteiger partial charge in [-0.2, -0.15) is 0 Å². The fourth-order valence-electron chi connectivity index (χ4n) is 3.82. The van der Waals surface area contributed by atoms with Crippen LogP contribution in [0.25, 0.3) is 0 Å². The molecule has 0 spiro atoms. The number of halogens is 2. The molecule has 0 fully saturated rings. The molecule has 3 aromatic rings. The predicted octanol–water partition coefficient (Wildman–Crippen LogP) is 4.96. The normalized spacial score (nSPS) is 13.6. The summed E-state index contributed by atoms with van der Waals surface area (Å²) in [5.74, 6) is -1.65. The van der Waals surface area contributed by atoms with Crippen LogP contribution in [0.2, 0.25) is 0 Å². The molecule has 0 aromatic heterocycles. The summed E-state index contributed by atoms with van der Waals surface area (Å²) in [5.41, 5.74) is 0.430. The second-order valence-corrected chi connectivity index (χ2v) is 9.14. The van der Waals surface area contributed by atoms with E-state index in [0.29, 0.717) is 0 Å². The zero-order valence-electron chi connectivity index (χ0n) is 21.0. The lowest BCUT2D eigenvalue weighted by atomic mass is 9.85. The Bertz CT molecular complexity index is 1310. The van der Waals surface area contributed by atoms with Crippen molar-refractivity contribution in [3.8, 4) is 23.0 Å². The maximum Gasteiger partial charge on any atom is 0.412 e. The summed E-state index contributed by atoms with van der Waals surface area (Å²) in [6, 6.07) is 18.2. The summed E-state index contributed by atoms with van der Waals surface area (Å²) in [4.78, 5) is 50.4. The van der Waals surface area contributed by atoms with Crippen LogP contribution in [0.1, 0.15) is 27.1 Å². The largest absolute Gasteiger partial charge is 0.445 e. The number of Topliss-reactive ketones (excluding diaryl/α,β-unsaturated/α-hetero) is 2. The number of hydrogen-bond donors (Lipinski definition) is 2. The highest BCUT2D eigenvalue weighted by molar-refractivity contribution is 6.18. The third-order valence-electron chi connectivity index (χ3n) is 5.57. The van der Waals surface area contributed by atoms with Gasteiger partial charge in [0.15, 0.2) is 5.78 Å². The second kappa shape index (κ2) is 13.2. The Morgan fingerprint density at radius 1 is 0.675 bits per heavy atom. The van der Waals surface area contributed by atoms with Crippen molar-refractivity contribution >= 4 is 47.0 Å². The Morgan fingerprint density at radius 3 is 1.55 bits per heavy atom. The smallest absolute Gasteiger partial charge is 0.412 e. The van der Waals surface area contributed by atoms with Crippen molar-refractivity contribution in [2.75, 3.05) is 24.8 Å². The molecule has 10 nitrogen and oxygen atoms in total. The third kappa shape index (κ3) is 7.02. The van der Waals surface area contributed by atoms with Crippen molar-refractivity contribution in [2.45, 2.75) is 12.2 Å². The number of carbonyl (C=O) groups is 4. The first-order valence-corrected chi connectivity index (χ1v) is 13.2. The van der Waals surface area contributed by atoms with Crippen molar-refractivity contribution in [3.63, 3.8) is 0 Å². The summed E-state index contributed by atoms with van der Waals surface area (Å²) < 4.78 is 22.5. The monoisotopic (exact) mass is 586 g/mol. The number of rotatable bonds is 10. The van der Waals surface area contributed by atoms with Crippen molar-refractivity contribution in [1.82, 2.24) is 10.6 Å². The fourth-order valence-corrected chi connectivity index (χ4v) is 4.01. The number of amides is 2. The lowest BCUT2D eigenvalue weighted by Crippen LogP contribution is -2.54. The van der Waals surface area contributed by atoms with Crippen LogP contribution in [0.15, 0.2) is 72.8 Å². The van der Waals surface area contributed by atoms with Gasteiger partial charge in [-0.1, -0.05) is 24.3 Å². The molecule has 0 bridgehead atoms. The highest BCUT2D eigenvalue weighted by Gasteiger charge is 2.51. The van der Waals surface area contributed by atoms with Gasteiger partial charge in [0, 0.05) is 36.0 Å². The Morgan fingerprint density at radius 2 is 1.10 bits per heavy atom. The van der Waals surface area contributed by atoms with Gasteiger partial charge in [0.2, 0.25) is 5.78 Å². The number of ether oxygens (including phenoxy) is 4. The van der Waals surface area contributed by atoms with Gasteiger partial charge in [-0.15, -0.1) is 23.2 Å². The molecule has 0 saturated heterocycles. The molecule has 0 heterocycles. The number of alkyl halides is 2. The molecule has 208 valence electrons.